The molecule has 4 rings (SSSR count). The number of nitrogens with one attached hydrogen (secondary N) is 1. The molecule has 162 valence electrons. The number of pyridine rings is 1. The zero-order chi connectivity index (χ0) is 22.1. The van der Waals surface area contributed by atoms with Crippen molar-refractivity contribution in [1.82, 2.24) is 24.7 Å². The molecule has 0 aromatic carbocycles. The average Bonchev–Trinajstić information content (AvgIpc) is 3.16. The number of rotatable bonds is 6. The molecule has 0 spiro atoms. The Bertz CT molecular complexity index is 1090. The molecule has 1 aliphatic rings. The van der Waals surface area contributed by atoms with Crippen molar-refractivity contribution in [3.63, 3.8) is 0 Å². The summed E-state index contributed by atoms with van der Waals surface area (Å²) in [6, 6.07) is 3.86. The van der Waals surface area contributed by atoms with Gasteiger partial charge in [-0.2, -0.15) is 5.10 Å². The topological polar surface area (TPSA) is 88.8 Å². The quantitative estimate of drug-likeness (QED) is 0.661. The standard InChI is InChI=1S/C23H29N7O/c1-14(2)21-23(31)28-20-16(4)26-19(27-22(20)29(21)5)9-8-18-11-25-30(13-18)12-17-7-6-15(3)24-10-17/h6-7,10-11,13-14,21H,8-9,12H2,1-5H3,(H,28,31)/t21-/m0/s1. The second-order valence-electron chi connectivity index (χ2n) is 8.57. The monoisotopic (exact) mass is 419 g/mol. The second kappa shape index (κ2) is 8.45. The Labute approximate surface area is 182 Å². The lowest BCUT2D eigenvalue weighted by Crippen LogP contribution is -2.49. The SMILES string of the molecule is Cc1ccc(Cn2cc(CCc3nc(C)c4c(n3)N(C)[C@@H](C(C)C)C(=O)N4)cn2)cn1. The van der Waals surface area contributed by atoms with Gasteiger partial charge in [0, 0.05) is 31.6 Å². The van der Waals surface area contributed by atoms with E-state index in [1.54, 1.807) is 0 Å². The Morgan fingerprint density at radius 2 is 1.90 bits per heavy atom. The number of aromatic nitrogens is 5. The predicted molar refractivity (Wildman–Crippen MR) is 120 cm³/mol. The number of hydrogen-bond acceptors (Lipinski definition) is 6. The third kappa shape index (κ3) is 4.42. The first-order valence-corrected chi connectivity index (χ1v) is 10.7. The lowest BCUT2D eigenvalue weighted by Gasteiger charge is -2.36. The van der Waals surface area contributed by atoms with Gasteiger partial charge in [0.1, 0.15) is 17.6 Å². The molecule has 0 saturated heterocycles. The fourth-order valence-electron chi connectivity index (χ4n) is 4.04. The summed E-state index contributed by atoms with van der Waals surface area (Å²) in [6.07, 6.45) is 7.36. The van der Waals surface area contributed by atoms with Crippen LogP contribution in [0.3, 0.4) is 0 Å². The van der Waals surface area contributed by atoms with Gasteiger partial charge in [-0.05, 0) is 43.4 Å². The molecule has 8 nitrogen and oxygen atoms in total. The molecule has 0 radical (unpaired) electrons. The maximum absolute atomic E-state index is 12.5. The van der Waals surface area contributed by atoms with Gasteiger partial charge in [0.05, 0.1) is 18.4 Å². The van der Waals surface area contributed by atoms with Gasteiger partial charge in [0.25, 0.3) is 0 Å². The first kappa shape index (κ1) is 21.0. The number of hydrogen-bond donors (Lipinski definition) is 1. The highest BCUT2D eigenvalue weighted by molar-refractivity contribution is 6.03. The normalized spacial score (nSPS) is 15.9. The molecule has 8 heteroatoms. The second-order valence-corrected chi connectivity index (χ2v) is 8.57. The Hall–Kier alpha value is -3.29. The molecule has 1 amide bonds. The number of likely N-dealkylation sites (N-methyl/N-ethyl adjacent to an activating group) is 1. The van der Waals surface area contributed by atoms with Gasteiger partial charge < -0.3 is 10.2 Å². The van der Waals surface area contributed by atoms with E-state index in [-0.39, 0.29) is 17.9 Å². The third-order valence-corrected chi connectivity index (χ3v) is 5.66. The van der Waals surface area contributed by atoms with E-state index < -0.39 is 0 Å². The summed E-state index contributed by atoms with van der Waals surface area (Å²) in [7, 11) is 1.93. The van der Waals surface area contributed by atoms with Crippen molar-refractivity contribution in [1.29, 1.82) is 0 Å². The van der Waals surface area contributed by atoms with Crippen molar-refractivity contribution in [2.45, 2.75) is 53.1 Å². The highest BCUT2D eigenvalue weighted by atomic mass is 16.2. The summed E-state index contributed by atoms with van der Waals surface area (Å²) in [5.41, 5.74) is 4.78. The summed E-state index contributed by atoms with van der Waals surface area (Å²) in [5.74, 6) is 1.76. The van der Waals surface area contributed by atoms with Crippen LogP contribution in [-0.4, -0.2) is 43.7 Å². The van der Waals surface area contributed by atoms with E-state index in [0.717, 1.165) is 40.6 Å². The fourth-order valence-corrected chi connectivity index (χ4v) is 4.04. The Morgan fingerprint density at radius 1 is 1.10 bits per heavy atom. The number of carbonyl (C=O) groups is 1. The Kier molecular flexibility index (Phi) is 5.71. The van der Waals surface area contributed by atoms with Gasteiger partial charge >= 0.3 is 0 Å². The minimum absolute atomic E-state index is 0.000593. The van der Waals surface area contributed by atoms with Gasteiger partial charge in [0.2, 0.25) is 5.91 Å². The Balaban J connectivity index is 1.46. The third-order valence-electron chi connectivity index (χ3n) is 5.66. The molecule has 3 aromatic heterocycles. The lowest BCUT2D eigenvalue weighted by atomic mass is 9.99. The van der Waals surface area contributed by atoms with E-state index in [2.05, 4.69) is 32.6 Å². The maximum Gasteiger partial charge on any atom is 0.247 e. The number of anilines is 2. The maximum atomic E-state index is 12.5. The molecular formula is C23H29N7O. The van der Waals surface area contributed by atoms with Crippen molar-refractivity contribution < 1.29 is 4.79 Å². The molecule has 0 bridgehead atoms. The van der Waals surface area contributed by atoms with Crippen molar-refractivity contribution in [2.75, 3.05) is 17.3 Å². The molecule has 0 saturated carbocycles. The molecule has 1 atom stereocenters. The van der Waals surface area contributed by atoms with Crippen LogP contribution in [0.2, 0.25) is 0 Å². The van der Waals surface area contributed by atoms with Crippen LogP contribution in [0.4, 0.5) is 11.5 Å². The van der Waals surface area contributed by atoms with Crippen LogP contribution in [0.1, 0.15) is 42.2 Å². The summed E-state index contributed by atoms with van der Waals surface area (Å²) in [4.78, 5) is 28.2. The minimum atomic E-state index is -0.232. The Morgan fingerprint density at radius 3 is 2.61 bits per heavy atom. The van der Waals surface area contributed by atoms with Gasteiger partial charge in [-0.25, -0.2) is 9.97 Å². The van der Waals surface area contributed by atoms with E-state index in [4.69, 9.17) is 4.98 Å². The highest BCUT2D eigenvalue weighted by Gasteiger charge is 2.35. The van der Waals surface area contributed by atoms with Gasteiger partial charge in [-0.15, -0.1) is 0 Å². The number of aryl methyl sites for hydroxylation is 4. The molecule has 1 N–H and O–H groups in total. The number of carbonyl (C=O) groups excluding carboxylic acids is 1. The van der Waals surface area contributed by atoms with E-state index in [1.807, 2.05) is 62.8 Å². The smallest absolute Gasteiger partial charge is 0.247 e. The summed E-state index contributed by atoms with van der Waals surface area (Å²) in [6.45, 7) is 8.69. The first-order valence-electron chi connectivity index (χ1n) is 10.7. The van der Waals surface area contributed by atoms with Crippen LogP contribution in [0.25, 0.3) is 0 Å². The average molecular weight is 420 g/mol. The molecule has 0 fully saturated rings. The van der Waals surface area contributed by atoms with Gasteiger partial charge in [-0.3, -0.25) is 14.5 Å². The van der Waals surface area contributed by atoms with Crippen LogP contribution in [0, 0.1) is 19.8 Å². The molecule has 3 aromatic rings. The minimum Gasteiger partial charge on any atom is -0.346 e. The number of nitrogens with zero attached hydrogens (tertiary/aromatic N) is 6. The molecule has 0 unspecified atom stereocenters. The number of amides is 1. The zero-order valence-electron chi connectivity index (χ0n) is 18.8. The van der Waals surface area contributed by atoms with E-state index in [1.165, 1.54) is 0 Å². The van der Waals surface area contributed by atoms with Crippen molar-refractivity contribution in [2.24, 2.45) is 5.92 Å². The van der Waals surface area contributed by atoms with Gasteiger partial charge in [0.15, 0.2) is 5.82 Å². The van der Waals surface area contributed by atoms with Crippen LogP contribution in [0.5, 0.6) is 0 Å². The van der Waals surface area contributed by atoms with Gasteiger partial charge in [-0.1, -0.05) is 19.9 Å². The van der Waals surface area contributed by atoms with E-state index in [0.29, 0.717) is 18.7 Å². The molecule has 4 heterocycles. The summed E-state index contributed by atoms with van der Waals surface area (Å²) in [5, 5.41) is 7.47. The van der Waals surface area contributed by atoms with Crippen molar-refractivity contribution in [3.8, 4) is 0 Å². The highest BCUT2D eigenvalue weighted by Crippen LogP contribution is 2.33. The van der Waals surface area contributed by atoms with Crippen LogP contribution in [0.15, 0.2) is 30.7 Å². The van der Waals surface area contributed by atoms with Crippen molar-refractivity contribution in [3.05, 3.63) is 59.1 Å². The molecule has 1 aliphatic heterocycles. The summed E-state index contributed by atoms with van der Waals surface area (Å²) >= 11 is 0. The fraction of sp³-hybridized carbons (Fsp3) is 0.435. The van der Waals surface area contributed by atoms with E-state index in [9.17, 15) is 4.79 Å². The molecular weight excluding hydrogens is 390 g/mol. The molecule has 0 aliphatic carbocycles. The van der Waals surface area contributed by atoms with Crippen molar-refractivity contribution >= 4 is 17.4 Å². The van der Waals surface area contributed by atoms with E-state index >= 15 is 0 Å². The first-order chi connectivity index (χ1) is 14.8. The zero-order valence-corrected chi connectivity index (χ0v) is 18.8. The lowest BCUT2D eigenvalue weighted by molar-refractivity contribution is -0.118. The molecule has 31 heavy (non-hydrogen) atoms. The van der Waals surface area contributed by atoms with Crippen LogP contribution < -0.4 is 10.2 Å². The van der Waals surface area contributed by atoms with Crippen LogP contribution in [-0.2, 0) is 24.2 Å². The number of fused-ring (bicyclic) bond motifs is 1. The van der Waals surface area contributed by atoms with Crippen LogP contribution >= 0.6 is 0 Å². The predicted octanol–water partition coefficient (Wildman–Crippen LogP) is 2.93. The largest absolute Gasteiger partial charge is 0.346 e. The summed E-state index contributed by atoms with van der Waals surface area (Å²) < 4.78 is 1.93.